The third kappa shape index (κ3) is 11.6. The molecule has 0 aromatic heterocycles. The number of hydrogen-bond acceptors (Lipinski definition) is 3. The lowest BCUT2D eigenvalue weighted by molar-refractivity contribution is -0.141. The summed E-state index contributed by atoms with van der Waals surface area (Å²) in [7, 11) is 3.63. The zero-order valence-electron chi connectivity index (χ0n) is 10.9. The molecule has 1 unspecified atom stereocenters. The summed E-state index contributed by atoms with van der Waals surface area (Å²) in [6.07, 6.45) is 1.14. The van der Waals surface area contributed by atoms with Gasteiger partial charge in [0.2, 0.25) is 0 Å². The summed E-state index contributed by atoms with van der Waals surface area (Å²) in [5.41, 5.74) is 1.18. The fraction of sp³-hybridized carbons (Fsp3) is 0.308. The maximum absolute atomic E-state index is 10.3. The molecule has 1 atom stereocenters. The van der Waals surface area contributed by atoms with Crippen LogP contribution >= 0.6 is 21.5 Å². The molecule has 1 rings (SSSR count). The molecule has 5 heteroatoms. The summed E-state index contributed by atoms with van der Waals surface area (Å²) in [5, 5.41) is 0. The Bertz CT molecular complexity index is 331. The summed E-state index contributed by atoms with van der Waals surface area (Å²) in [4.78, 5) is 12.1. The van der Waals surface area contributed by atoms with E-state index in [1.54, 1.807) is 4.90 Å². The van der Waals surface area contributed by atoms with Gasteiger partial charge in [-0.05, 0) is 19.7 Å². The molecular weight excluding hydrogens is 269 g/mol. The Labute approximate surface area is 117 Å². The smallest absolute Gasteiger partial charge is 0.331 e. The van der Waals surface area contributed by atoms with Crippen molar-refractivity contribution >= 4 is 27.5 Å². The molecule has 0 fully saturated rings. The van der Waals surface area contributed by atoms with Crippen molar-refractivity contribution in [1.29, 1.82) is 0 Å². The Morgan fingerprint density at radius 2 is 1.94 bits per heavy atom. The number of carbonyl (C=O) groups is 1. The van der Waals surface area contributed by atoms with Crippen LogP contribution in [0.25, 0.3) is 0 Å². The number of ether oxygens (including phenoxy) is 1. The van der Waals surface area contributed by atoms with E-state index in [1.165, 1.54) is 5.56 Å². The van der Waals surface area contributed by atoms with E-state index < -0.39 is 0 Å². The number of nitrogens with zero attached hydrogens (tertiary/aromatic N) is 1. The first kappa shape index (κ1) is 19.4. The van der Waals surface area contributed by atoms with Crippen molar-refractivity contribution in [2.24, 2.45) is 0 Å². The van der Waals surface area contributed by atoms with Gasteiger partial charge in [-0.2, -0.15) is 9.90 Å². The molecule has 0 aliphatic carbocycles. The highest BCUT2D eigenvalue weighted by atomic mass is 35.5. The number of hydrogen-bond donors (Lipinski definition) is 0. The van der Waals surface area contributed by atoms with E-state index in [2.05, 4.69) is 11.3 Å². The summed E-state index contributed by atoms with van der Waals surface area (Å²) < 4.78 is 4.62. The van der Waals surface area contributed by atoms with Gasteiger partial charge in [0, 0.05) is 12.0 Å². The molecule has 1 aromatic rings. The monoisotopic (exact) mass is 289 g/mol. The summed E-state index contributed by atoms with van der Waals surface area (Å²) in [5.74, 6) is 0.226. The van der Waals surface area contributed by atoms with Crippen molar-refractivity contribution in [3.05, 3.63) is 48.6 Å². The molecule has 0 saturated carbocycles. The number of esters is 1. The molecule has 0 heterocycles. The maximum Gasteiger partial charge on any atom is 0.331 e. The predicted octanol–water partition coefficient (Wildman–Crippen LogP) is 2.72. The molecule has 0 aliphatic heterocycles. The first-order valence-electron chi connectivity index (χ1n) is 5.14. The van der Waals surface area contributed by atoms with Crippen LogP contribution in [0.3, 0.4) is 0 Å². The minimum Gasteiger partial charge on any atom is -0.446 e. The normalized spacial score (nSPS) is 8.67. The van der Waals surface area contributed by atoms with Crippen LogP contribution in [0.4, 0.5) is 0 Å². The van der Waals surface area contributed by atoms with Crippen molar-refractivity contribution in [3.63, 3.8) is 0 Å². The second-order valence-electron chi connectivity index (χ2n) is 3.50. The van der Waals surface area contributed by atoms with Gasteiger partial charge in [-0.1, -0.05) is 36.9 Å². The molecule has 0 bridgehead atoms. The quantitative estimate of drug-likeness (QED) is 0.281. The Morgan fingerprint density at radius 3 is 2.28 bits per heavy atom. The van der Waals surface area contributed by atoms with Crippen LogP contribution in [0, 0.1) is 0 Å². The van der Waals surface area contributed by atoms with Gasteiger partial charge in [0.1, 0.15) is 6.73 Å². The van der Waals surface area contributed by atoms with Gasteiger partial charge in [0.15, 0.2) is 0 Å². The first-order valence-corrected chi connectivity index (χ1v) is 5.67. The molecule has 18 heavy (non-hydrogen) atoms. The van der Waals surface area contributed by atoms with Crippen molar-refractivity contribution in [2.75, 3.05) is 20.8 Å². The molecule has 0 amide bonds. The lowest BCUT2D eigenvalue weighted by Gasteiger charge is -2.07. The fourth-order valence-corrected chi connectivity index (χ4v) is 0.997. The Balaban J connectivity index is 0. The van der Waals surface area contributed by atoms with Crippen molar-refractivity contribution < 1.29 is 9.53 Å². The maximum atomic E-state index is 10.3. The SMILES string of the molecule is C=CC(=O)OCN(C)C.ClCc1ccccc1.P. The van der Waals surface area contributed by atoms with Crippen LogP contribution in [0.5, 0.6) is 0 Å². The Hall–Kier alpha value is -0.890. The zero-order chi connectivity index (χ0) is 13.1. The number of alkyl halides is 1. The highest BCUT2D eigenvalue weighted by Crippen LogP contribution is 2.00. The van der Waals surface area contributed by atoms with Crippen molar-refractivity contribution in [3.8, 4) is 0 Å². The van der Waals surface area contributed by atoms with E-state index >= 15 is 0 Å². The second kappa shape index (κ2) is 12.6. The van der Waals surface area contributed by atoms with Crippen LogP contribution in [0.15, 0.2) is 43.0 Å². The largest absolute Gasteiger partial charge is 0.446 e. The van der Waals surface area contributed by atoms with E-state index in [0.29, 0.717) is 12.6 Å². The molecule has 1 aromatic carbocycles. The van der Waals surface area contributed by atoms with Gasteiger partial charge < -0.3 is 4.74 Å². The van der Waals surface area contributed by atoms with Crippen LogP contribution in [0.2, 0.25) is 0 Å². The number of benzene rings is 1. The standard InChI is InChI=1S/C7H7Cl.C6H11NO2.H3P/c8-6-7-4-2-1-3-5-7;1-4-6(8)9-5-7(2)3;/h1-5H,6H2;4H,1,5H2,2-3H3;1H3. The molecule has 0 aliphatic rings. The van der Waals surface area contributed by atoms with E-state index in [1.807, 2.05) is 44.4 Å². The number of carbonyl (C=O) groups excluding carboxylic acids is 1. The molecule has 3 nitrogen and oxygen atoms in total. The average Bonchev–Trinajstić information content (AvgIpc) is 2.37. The van der Waals surface area contributed by atoms with E-state index in [-0.39, 0.29) is 15.9 Å². The van der Waals surface area contributed by atoms with Crippen LogP contribution in [-0.2, 0) is 15.4 Å². The topological polar surface area (TPSA) is 29.5 Å². The van der Waals surface area contributed by atoms with Gasteiger partial charge in [-0.25, -0.2) is 4.79 Å². The lowest BCUT2D eigenvalue weighted by Crippen LogP contribution is -2.18. The third-order valence-electron chi connectivity index (χ3n) is 1.63. The fourth-order valence-electron chi connectivity index (χ4n) is 0.819. The highest BCUT2D eigenvalue weighted by molar-refractivity contribution is 6.92. The van der Waals surface area contributed by atoms with Crippen LogP contribution in [0.1, 0.15) is 5.56 Å². The minimum absolute atomic E-state index is 0. The van der Waals surface area contributed by atoms with Crippen molar-refractivity contribution in [1.82, 2.24) is 4.90 Å². The molecule has 0 radical (unpaired) electrons. The molecular formula is C13H21ClNO2P. The minimum atomic E-state index is -0.385. The van der Waals surface area contributed by atoms with Crippen LogP contribution in [-0.4, -0.2) is 31.7 Å². The molecule has 0 saturated heterocycles. The summed E-state index contributed by atoms with van der Waals surface area (Å²) >= 11 is 5.53. The van der Waals surface area contributed by atoms with E-state index in [0.717, 1.165) is 6.08 Å². The molecule has 0 N–H and O–H groups in total. The summed E-state index contributed by atoms with van der Waals surface area (Å²) in [6, 6.07) is 9.96. The van der Waals surface area contributed by atoms with Gasteiger partial charge in [-0.3, -0.25) is 4.90 Å². The lowest BCUT2D eigenvalue weighted by atomic mass is 10.2. The first-order chi connectivity index (χ1) is 8.10. The zero-order valence-corrected chi connectivity index (χ0v) is 13.1. The molecule has 102 valence electrons. The highest BCUT2D eigenvalue weighted by Gasteiger charge is 1.93. The van der Waals surface area contributed by atoms with Gasteiger partial charge >= 0.3 is 5.97 Å². The molecule has 0 spiro atoms. The average molecular weight is 290 g/mol. The summed E-state index contributed by atoms with van der Waals surface area (Å²) in [6.45, 7) is 3.56. The van der Waals surface area contributed by atoms with Gasteiger partial charge in [0.05, 0.1) is 0 Å². The number of halogens is 1. The van der Waals surface area contributed by atoms with E-state index in [4.69, 9.17) is 11.6 Å². The Morgan fingerprint density at radius 1 is 1.39 bits per heavy atom. The second-order valence-corrected chi connectivity index (χ2v) is 3.76. The van der Waals surface area contributed by atoms with Crippen LogP contribution < -0.4 is 0 Å². The Kier molecular flexibility index (Phi) is 13.6. The van der Waals surface area contributed by atoms with Gasteiger partial charge in [-0.15, -0.1) is 11.6 Å². The number of rotatable bonds is 4. The van der Waals surface area contributed by atoms with Gasteiger partial charge in [0.25, 0.3) is 0 Å². The third-order valence-corrected chi connectivity index (χ3v) is 1.94. The predicted molar refractivity (Wildman–Crippen MR) is 81.9 cm³/mol. The van der Waals surface area contributed by atoms with Crippen molar-refractivity contribution in [2.45, 2.75) is 5.88 Å². The van der Waals surface area contributed by atoms with E-state index in [9.17, 15) is 4.79 Å².